The molecule has 2 heterocycles. The van der Waals surface area contributed by atoms with Crippen LogP contribution in [0.25, 0.3) is 0 Å². The van der Waals surface area contributed by atoms with Crippen molar-refractivity contribution in [2.24, 2.45) is 10.8 Å². The number of benzene rings is 1. The number of amidine groups is 1. The first-order chi connectivity index (χ1) is 17.1. The molecule has 1 saturated heterocycles. The second-order valence-electron chi connectivity index (χ2n) is 8.80. The van der Waals surface area contributed by atoms with Crippen LogP contribution >= 0.6 is 0 Å². The van der Waals surface area contributed by atoms with Gasteiger partial charge < -0.3 is 15.8 Å². The van der Waals surface area contributed by atoms with Gasteiger partial charge in [-0.1, -0.05) is 33.3 Å². The normalized spacial score (nSPS) is 18.6. The van der Waals surface area contributed by atoms with Crippen LogP contribution in [0, 0.1) is 0 Å². The Hall–Kier alpha value is -2.89. The highest BCUT2D eigenvalue weighted by Crippen LogP contribution is 2.29. The number of sulfonamides is 1. The summed E-state index contributed by atoms with van der Waals surface area (Å²) in [4.78, 5) is 13.3. The van der Waals surface area contributed by atoms with Gasteiger partial charge >= 0.3 is 0 Å². The molecule has 0 saturated carbocycles. The van der Waals surface area contributed by atoms with E-state index in [1.807, 2.05) is 25.8 Å². The molecule has 0 aliphatic carbocycles. The number of allylic oxidation sites excluding steroid dienone is 2. The van der Waals surface area contributed by atoms with Crippen molar-refractivity contribution < 1.29 is 17.9 Å². The molecule has 2 aliphatic rings. The van der Waals surface area contributed by atoms with E-state index >= 15 is 0 Å². The van der Waals surface area contributed by atoms with Crippen LogP contribution in [0.5, 0.6) is 5.75 Å². The van der Waals surface area contributed by atoms with Gasteiger partial charge in [-0.15, -0.1) is 9.52 Å². The Morgan fingerprint density at radius 2 is 1.92 bits per heavy atom. The molecule has 0 atom stereocenters. The number of hydrogen-bond donors (Lipinski definition) is 2. The third kappa shape index (κ3) is 5.74. The van der Waals surface area contributed by atoms with Crippen molar-refractivity contribution in [1.82, 2.24) is 19.7 Å². The quantitative estimate of drug-likeness (QED) is 0.457. The van der Waals surface area contributed by atoms with Gasteiger partial charge in [0.2, 0.25) is 0 Å². The van der Waals surface area contributed by atoms with Crippen LogP contribution in [0.4, 0.5) is 0 Å². The average molecular weight is 519 g/mol. The van der Waals surface area contributed by atoms with E-state index < -0.39 is 15.9 Å². The molecule has 2 aliphatic heterocycles. The Bertz CT molecular complexity index is 1160. The topological polar surface area (TPSA) is 121 Å². The minimum atomic E-state index is -3.84. The largest absolute Gasteiger partial charge is 0.493 e. The monoisotopic (exact) mass is 518 g/mol. The molecule has 0 bridgehead atoms. The van der Waals surface area contributed by atoms with Gasteiger partial charge in [-0.25, -0.2) is 18.4 Å². The maximum absolute atomic E-state index is 13.5. The number of nitrogens with two attached hydrogens (primary N) is 1. The molecule has 3 N–H and O–H groups in total. The number of rotatable bonds is 10. The fourth-order valence-corrected chi connectivity index (χ4v) is 5.51. The van der Waals surface area contributed by atoms with E-state index in [-0.39, 0.29) is 16.4 Å². The number of amides is 1. The van der Waals surface area contributed by atoms with E-state index in [2.05, 4.69) is 17.0 Å². The summed E-state index contributed by atoms with van der Waals surface area (Å²) in [6, 6.07) is 4.61. The van der Waals surface area contributed by atoms with Crippen LogP contribution in [-0.4, -0.2) is 61.3 Å². The van der Waals surface area contributed by atoms with Gasteiger partial charge in [-0.2, -0.15) is 0 Å². The van der Waals surface area contributed by atoms with Crippen molar-refractivity contribution >= 4 is 21.8 Å². The number of piperidine rings is 1. The Kier molecular flexibility index (Phi) is 9.15. The molecule has 1 aromatic rings. The lowest BCUT2D eigenvalue weighted by atomic mass is 10.1. The molecule has 1 aromatic carbocycles. The van der Waals surface area contributed by atoms with Crippen LogP contribution < -0.4 is 15.8 Å². The summed E-state index contributed by atoms with van der Waals surface area (Å²) in [5.41, 5.74) is 7.75. The number of ether oxygens (including phenoxy) is 1. The molecular formula is C25H38N6O4S. The Labute approximate surface area is 214 Å². The van der Waals surface area contributed by atoms with Crippen LogP contribution in [-0.2, 0) is 14.8 Å². The van der Waals surface area contributed by atoms with Crippen LogP contribution in [0.2, 0.25) is 0 Å². The molecular weight excluding hydrogens is 480 g/mol. The van der Waals surface area contributed by atoms with Gasteiger partial charge in [0, 0.05) is 31.5 Å². The van der Waals surface area contributed by atoms with Crippen LogP contribution in [0.15, 0.2) is 51.9 Å². The number of hydrogen-bond acceptors (Lipinski definition) is 8. The molecule has 0 aromatic heterocycles. The number of nitrogens with one attached hydrogen (secondary N) is 1. The summed E-state index contributed by atoms with van der Waals surface area (Å²) in [6.07, 6.45) is 4.87. The summed E-state index contributed by atoms with van der Waals surface area (Å²) >= 11 is 0. The number of carbonyl (C=O) groups excluding carboxylic acids is 1. The van der Waals surface area contributed by atoms with Crippen molar-refractivity contribution in [2.45, 2.75) is 64.2 Å². The number of carbonyl (C=O) groups is 1. The summed E-state index contributed by atoms with van der Waals surface area (Å²) in [7, 11) is -2.27. The Balaban J connectivity index is 2.11. The van der Waals surface area contributed by atoms with Crippen molar-refractivity contribution in [3.05, 3.63) is 47.4 Å². The molecule has 3 rings (SSSR count). The van der Waals surface area contributed by atoms with Gasteiger partial charge in [0.15, 0.2) is 5.84 Å². The maximum Gasteiger partial charge on any atom is 0.277 e. The lowest BCUT2D eigenvalue weighted by Crippen LogP contribution is -2.46. The van der Waals surface area contributed by atoms with Gasteiger partial charge in [0.05, 0.1) is 17.1 Å². The zero-order valence-electron chi connectivity index (χ0n) is 21.7. The second-order valence-corrected chi connectivity index (χ2v) is 10.8. The van der Waals surface area contributed by atoms with Crippen molar-refractivity contribution in [3.8, 4) is 5.75 Å². The van der Waals surface area contributed by atoms with Gasteiger partial charge in [-0.3, -0.25) is 4.79 Å². The first-order valence-electron chi connectivity index (χ1n) is 12.5. The standard InChI is InChI=1S/C25H38N6O4S/c1-6-12-18(4)31-23(21(26)7-2)25(32)27-24(28-31)20-17-19(13-14-22(20)35-8-3)36(33,34)29(5)30-15-10-9-11-16-30/h13-14,17H,4,6-12,15-16,26H2,1-3,5H3,(H,27,28,32)/b23-21-. The summed E-state index contributed by atoms with van der Waals surface area (Å²) in [5.74, 6) is 0.150. The fraction of sp³-hybridized carbons (Fsp3) is 0.520. The van der Waals surface area contributed by atoms with E-state index in [0.717, 1.165) is 25.7 Å². The van der Waals surface area contributed by atoms with E-state index in [4.69, 9.17) is 10.5 Å². The smallest absolute Gasteiger partial charge is 0.277 e. The van der Waals surface area contributed by atoms with E-state index in [1.165, 1.54) is 21.6 Å². The minimum Gasteiger partial charge on any atom is -0.493 e. The second kappa shape index (κ2) is 11.9. The highest BCUT2D eigenvalue weighted by Gasteiger charge is 2.32. The van der Waals surface area contributed by atoms with Gasteiger partial charge in [-0.05, 0) is 50.8 Å². The molecule has 198 valence electrons. The van der Waals surface area contributed by atoms with Crippen LogP contribution in [0.3, 0.4) is 0 Å². The average Bonchev–Trinajstić information content (AvgIpc) is 2.88. The molecule has 11 heteroatoms. The summed E-state index contributed by atoms with van der Waals surface area (Å²) in [6.45, 7) is 11.5. The molecule has 0 spiro atoms. The molecule has 10 nitrogen and oxygen atoms in total. The van der Waals surface area contributed by atoms with E-state index in [0.29, 0.717) is 55.2 Å². The fourth-order valence-electron chi connectivity index (χ4n) is 4.23. The molecule has 0 radical (unpaired) electrons. The number of hydrazone groups is 1. The Morgan fingerprint density at radius 1 is 1.22 bits per heavy atom. The highest BCUT2D eigenvalue weighted by atomic mass is 32.2. The first kappa shape index (κ1) is 27.7. The van der Waals surface area contributed by atoms with Crippen molar-refractivity contribution in [1.29, 1.82) is 0 Å². The summed E-state index contributed by atoms with van der Waals surface area (Å²) in [5, 5.41) is 10.7. The predicted molar refractivity (Wildman–Crippen MR) is 140 cm³/mol. The molecule has 1 amide bonds. The highest BCUT2D eigenvalue weighted by molar-refractivity contribution is 7.89. The molecule has 0 unspecified atom stereocenters. The SMILES string of the molecule is C=C(CCC)N1N=C(c2cc(S(=O)(=O)N(C)N3CCCCC3)ccc2OCC)NC(=O)/C1=C(/N)CC. The Morgan fingerprint density at radius 3 is 2.53 bits per heavy atom. The number of nitrogens with zero attached hydrogens (tertiary/aromatic N) is 4. The van der Waals surface area contributed by atoms with Crippen molar-refractivity contribution in [2.75, 3.05) is 26.7 Å². The molecule has 36 heavy (non-hydrogen) atoms. The van der Waals surface area contributed by atoms with Gasteiger partial charge in [0.1, 0.15) is 11.4 Å². The maximum atomic E-state index is 13.5. The van der Waals surface area contributed by atoms with Crippen LogP contribution in [0.1, 0.15) is 64.9 Å². The first-order valence-corrected chi connectivity index (χ1v) is 14.0. The third-order valence-corrected chi connectivity index (χ3v) is 8.04. The minimum absolute atomic E-state index is 0.0827. The molecule has 1 fully saturated rings. The van der Waals surface area contributed by atoms with E-state index in [9.17, 15) is 13.2 Å². The van der Waals surface area contributed by atoms with E-state index in [1.54, 1.807) is 13.1 Å². The van der Waals surface area contributed by atoms with Gasteiger partial charge in [0.25, 0.3) is 15.9 Å². The lowest BCUT2D eigenvalue weighted by molar-refractivity contribution is -0.118. The third-order valence-electron chi connectivity index (χ3n) is 6.26. The lowest BCUT2D eigenvalue weighted by Gasteiger charge is -2.34. The predicted octanol–water partition coefficient (Wildman–Crippen LogP) is 3.09. The zero-order chi connectivity index (χ0) is 26.5. The zero-order valence-corrected chi connectivity index (χ0v) is 22.5. The van der Waals surface area contributed by atoms with Crippen molar-refractivity contribution in [3.63, 3.8) is 0 Å². The number of hydrazine groups is 1. The summed E-state index contributed by atoms with van der Waals surface area (Å²) < 4.78 is 34.1.